The maximum Gasteiger partial charge on any atom is 0.273 e. The summed E-state index contributed by atoms with van der Waals surface area (Å²) >= 11 is 0. The number of nitrogens with one attached hydrogen (secondary N) is 3. The maximum absolute atomic E-state index is 14.5. The standard InChI is InChI=1S/C33H33N5O5/c34-27(20-22-16-17-23-9-4-5-10-24(23)19-22)30(39)33(31(40)28-14-8-18-35-28,32(41)37-26-12-2-1-3-13-26)36-21-25-11-6-7-15-29(25)38(42)43/h1-7,9-13,15-17,19,27-28,35-36H,8,14,18,20-21,34H2,(H,37,41)/t27-,28-,33?/m0/s1. The molecule has 4 aromatic rings. The van der Waals surface area contributed by atoms with E-state index in [0.717, 1.165) is 16.3 Å². The fourth-order valence-electron chi connectivity index (χ4n) is 5.57. The van der Waals surface area contributed by atoms with E-state index in [2.05, 4.69) is 16.0 Å². The molecule has 5 N–H and O–H groups in total. The molecule has 0 aromatic heterocycles. The van der Waals surface area contributed by atoms with Crippen molar-refractivity contribution in [2.45, 2.75) is 43.4 Å². The van der Waals surface area contributed by atoms with Crippen LogP contribution < -0.4 is 21.7 Å². The Bertz CT molecular complexity index is 1650. The van der Waals surface area contributed by atoms with Gasteiger partial charge < -0.3 is 16.4 Å². The molecular weight excluding hydrogens is 546 g/mol. The Morgan fingerprint density at radius 3 is 2.37 bits per heavy atom. The third-order valence-corrected chi connectivity index (χ3v) is 7.83. The van der Waals surface area contributed by atoms with Crippen molar-refractivity contribution < 1.29 is 19.3 Å². The van der Waals surface area contributed by atoms with Gasteiger partial charge in [0.1, 0.15) is 0 Å². The molecule has 43 heavy (non-hydrogen) atoms. The summed E-state index contributed by atoms with van der Waals surface area (Å²) in [5.41, 5.74) is 5.27. The summed E-state index contributed by atoms with van der Waals surface area (Å²) in [6.45, 7) is 0.251. The van der Waals surface area contributed by atoms with Gasteiger partial charge >= 0.3 is 0 Å². The number of rotatable bonds is 12. The predicted molar refractivity (Wildman–Crippen MR) is 164 cm³/mol. The number of nitrogens with zero attached hydrogens (tertiary/aromatic N) is 1. The molecule has 1 saturated heterocycles. The fourth-order valence-corrected chi connectivity index (χ4v) is 5.57. The molecule has 1 aliphatic rings. The van der Waals surface area contributed by atoms with Gasteiger partial charge in [-0.3, -0.25) is 29.8 Å². The first kappa shape index (κ1) is 29.7. The van der Waals surface area contributed by atoms with Crippen molar-refractivity contribution in [3.63, 3.8) is 0 Å². The Kier molecular flexibility index (Phi) is 9.01. The lowest BCUT2D eigenvalue weighted by atomic mass is 9.79. The third-order valence-electron chi connectivity index (χ3n) is 7.83. The summed E-state index contributed by atoms with van der Waals surface area (Å²) in [6, 6.07) is 25.9. The quantitative estimate of drug-likeness (QED) is 0.113. The van der Waals surface area contributed by atoms with Crippen LogP contribution in [-0.4, -0.2) is 46.6 Å². The van der Waals surface area contributed by atoms with E-state index in [0.29, 0.717) is 25.1 Å². The molecule has 4 aromatic carbocycles. The van der Waals surface area contributed by atoms with E-state index in [4.69, 9.17) is 5.73 Å². The van der Waals surface area contributed by atoms with Crippen LogP contribution in [0.25, 0.3) is 10.8 Å². The lowest BCUT2D eigenvalue weighted by Gasteiger charge is -2.34. The molecule has 5 rings (SSSR count). The van der Waals surface area contributed by atoms with E-state index in [1.165, 1.54) is 18.2 Å². The maximum atomic E-state index is 14.5. The predicted octanol–water partition coefficient (Wildman–Crippen LogP) is 3.68. The van der Waals surface area contributed by atoms with Crippen molar-refractivity contribution in [3.8, 4) is 0 Å². The van der Waals surface area contributed by atoms with Crippen LogP contribution in [0.4, 0.5) is 11.4 Å². The highest BCUT2D eigenvalue weighted by Crippen LogP contribution is 2.25. The number of ketones is 2. The second-order valence-electron chi connectivity index (χ2n) is 10.7. The van der Waals surface area contributed by atoms with Gasteiger partial charge in [0.25, 0.3) is 11.6 Å². The summed E-state index contributed by atoms with van der Waals surface area (Å²) in [7, 11) is 0. The van der Waals surface area contributed by atoms with Gasteiger partial charge in [-0.05, 0) is 54.3 Å². The van der Waals surface area contributed by atoms with Crippen molar-refractivity contribution in [1.82, 2.24) is 10.6 Å². The van der Waals surface area contributed by atoms with Crippen LogP contribution in [0.3, 0.4) is 0 Å². The zero-order valence-electron chi connectivity index (χ0n) is 23.5. The number of amides is 1. The van der Waals surface area contributed by atoms with E-state index in [1.807, 2.05) is 42.5 Å². The Balaban J connectivity index is 1.55. The molecule has 220 valence electrons. The molecule has 1 aliphatic heterocycles. The first-order valence-electron chi connectivity index (χ1n) is 14.2. The Morgan fingerprint density at radius 2 is 1.65 bits per heavy atom. The molecule has 1 amide bonds. The van der Waals surface area contributed by atoms with Gasteiger partial charge in [-0.2, -0.15) is 0 Å². The smallest absolute Gasteiger partial charge is 0.273 e. The molecule has 0 aliphatic carbocycles. The van der Waals surface area contributed by atoms with Crippen LogP contribution in [0.2, 0.25) is 0 Å². The van der Waals surface area contributed by atoms with Gasteiger partial charge in [0.15, 0.2) is 11.6 Å². The average Bonchev–Trinajstić information content (AvgIpc) is 3.57. The molecule has 0 spiro atoms. The number of nitro benzene ring substituents is 1. The Morgan fingerprint density at radius 1 is 0.953 bits per heavy atom. The fraction of sp³-hybridized carbons (Fsp3) is 0.242. The van der Waals surface area contributed by atoms with Crippen molar-refractivity contribution in [3.05, 3.63) is 118 Å². The number of carbonyl (C=O) groups is 3. The molecule has 1 heterocycles. The van der Waals surface area contributed by atoms with Crippen LogP contribution in [0.5, 0.6) is 0 Å². The Labute approximate surface area is 248 Å². The minimum absolute atomic E-state index is 0.0720. The number of hydrogen-bond donors (Lipinski definition) is 4. The SMILES string of the molecule is N[C@@H](Cc1ccc2ccccc2c1)C(=O)C(NCc1ccccc1[N+](=O)[O-])(C(=O)Nc1ccccc1)C(=O)[C@@H]1CCCN1. The molecule has 10 nitrogen and oxygen atoms in total. The van der Waals surface area contributed by atoms with Crippen LogP contribution in [0, 0.1) is 10.1 Å². The number of Topliss-reactive ketones (excluding diaryl/α,β-unsaturated/α-hetero) is 2. The van der Waals surface area contributed by atoms with Crippen molar-refractivity contribution >= 4 is 39.6 Å². The molecule has 10 heteroatoms. The second kappa shape index (κ2) is 13.0. The first-order valence-corrected chi connectivity index (χ1v) is 14.2. The molecule has 1 fully saturated rings. The number of fused-ring (bicyclic) bond motifs is 1. The third kappa shape index (κ3) is 6.36. The second-order valence-corrected chi connectivity index (χ2v) is 10.7. The zero-order valence-corrected chi connectivity index (χ0v) is 23.5. The van der Waals surface area contributed by atoms with Gasteiger partial charge in [0.2, 0.25) is 5.54 Å². The highest BCUT2D eigenvalue weighted by molar-refractivity contribution is 6.33. The van der Waals surface area contributed by atoms with Gasteiger partial charge in [0.05, 0.1) is 17.0 Å². The lowest BCUT2D eigenvalue weighted by Crippen LogP contribution is -2.71. The first-order chi connectivity index (χ1) is 20.8. The highest BCUT2D eigenvalue weighted by atomic mass is 16.6. The average molecular weight is 580 g/mol. The molecule has 0 radical (unpaired) electrons. The van der Waals surface area contributed by atoms with Crippen LogP contribution in [-0.2, 0) is 27.3 Å². The van der Waals surface area contributed by atoms with E-state index >= 15 is 0 Å². The van der Waals surface area contributed by atoms with E-state index in [9.17, 15) is 24.5 Å². The molecular formula is C33H33N5O5. The molecule has 0 saturated carbocycles. The number of para-hydroxylation sites is 2. The normalized spacial score (nSPS) is 16.7. The van der Waals surface area contributed by atoms with Gasteiger partial charge in [-0.15, -0.1) is 0 Å². The Hall–Kier alpha value is -4.77. The van der Waals surface area contributed by atoms with E-state index in [-0.39, 0.29) is 24.2 Å². The van der Waals surface area contributed by atoms with E-state index in [1.54, 1.807) is 36.4 Å². The van der Waals surface area contributed by atoms with Gasteiger partial charge in [-0.25, -0.2) is 0 Å². The lowest BCUT2D eigenvalue weighted by molar-refractivity contribution is -0.385. The van der Waals surface area contributed by atoms with E-state index < -0.39 is 40.0 Å². The monoisotopic (exact) mass is 579 g/mol. The summed E-state index contributed by atoms with van der Waals surface area (Å²) in [6.07, 6.45) is 1.19. The number of anilines is 1. The molecule has 1 unspecified atom stereocenters. The van der Waals surface area contributed by atoms with Crippen LogP contribution in [0.1, 0.15) is 24.0 Å². The summed E-state index contributed by atoms with van der Waals surface area (Å²) in [5, 5.41) is 22.5. The number of benzene rings is 4. The van der Waals surface area contributed by atoms with Crippen LogP contribution >= 0.6 is 0 Å². The van der Waals surface area contributed by atoms with Crippen molar-refractivity contribution in [2.24, 2.45) is 5.73 Å². The summed E-state index contributed by atoms with van der Waals surface area (Å²) in [4.78, 5) is 54.2. The minimum Gasteiger partial charge on any atom is -0.324 e. The number of nitrogens with two attached hydrogens (primary N) is 1. The summed E-state index contributed by atoms with van der Waals surface area (Å²) in [5.74, 6) is -2.38. The number of nitro groups is 1. The summed E-state index contributed by atoms with van der Waals surface area (Å²) < 4.78 is 0. The van der Waals surface area contributed by atoms with Crippen LogP contribution in [0.15, 0.2) is 97.1 Å². The van der Waals surface area contributed by atoms with Gasteiger partial charge in [-0.1, -0.05) is 78.9 Å². The van der Waals surface area contributed by atoms with Crippen molar-refractivity contribution in [2.75, 3.05) is 11.9 Å². The van der Waals surface area contributed by atoms with Crippen molar-refractivity contribution in [1.29, 1.82) is 0 Å². The largest absolute Gasteiger partial charge is 0.324 e. The number of carbonyl (C=O) groups excluding carboxylic acids is 3. The zero-order chi connectivity index (χ0) is 30.4. The topological polar surface area (TPSA) is 156 Å². The number of hydrogen-bond acceptors (Lipinski definition) is 8. The van der Waals surface area contributed by atoms with Gasteiger partial charge in [0, 0.05) is 23.9 Å². The molecule has 3 atom stereocenters. The minimum atomic E-state index is -2.43. The molecule has 0 bridgehead atoms. The highest BCUT2D eigenvalue weighted by Gasteiger charge is 2.56.